The van der Waals surface area contributed by atoms with Crippen molar-refractivity contribution in [2.75, 3.05) is 26.3 Å². The van der Waals surface area contributed by atoms with Crippen LogP contribution in [0.1, 0.15) is 32.3 Å². The summed E-state index contributed by atoms with van der Waals surface area (Å²) in [5, 5.41) is 3.68. The van der Waals surface area contributed by atoms with Gasteiger partial charge in [-0.3, -0.25) is 0 Å². The molecular formula is C17H26N2O2. The third-order valence-electron chi connectivity index (χ3n) is 4.46. The number of rotatable bonds is 4. The molecule has 1 aromatic rings. The zero-order valence-corrected chi connectivity index (χ0v) is 13.1. The van der Waals surface area contributed by atoms with Crippen molar-refractivity contribution in [3.05, 3.63) is 23.8 Å². The van der Waals surface area contributed by atoms with Gasteiger partial charge >= 0.3 is 0 Å². The van der Waals surface area contributed by atoms with Crippen LogP contribution in [-0.2, 0) is 6.54 Å². The van der Waals surface area contributed by atoms with Crippen LogP contribution >= 0.6 is 0 Å². The number of nitrogens with one attached hydrogen (secondary N) is 1. The first-order valence-electron chi connectivity index (χ1n) is 8.08. The molecule has 0 radical (unpaired) electrons. The van der Waals surface area contributed by atoms with E-state index in [2.05, 4.69) is 36.2 Å². The molecule has 0 aromatic heterocycles. The van der Waals surface area contributed by atoms with Gasteiger partial charge in [0.15, 0.2) is 11.5 Å². The molecule has 2 aliphatic rings. The van der Waals surface area contributed by atoms with E-state index in [4.69, 9.17) is 9.47 Å². The Kier molecular flexibility index (Phi) is 4.66. The van der Waals surface area contributed by atoms with Crippen LogP contribution in [0.2, 0.25) is 0 Å². The summed E-state index contributed by atoms with van der Waals surface area (Å²) in [6, 6.07) is 7.55. The number of hydrogen-bond acceptors (Lipinski definition) is 4. The summed E-state index contributed by atoms with van der Waals surface area (Å²) < 4.78 is 11.2. The van der Waals surface area contributed by atoms with E-state index in [1.165, 1.54) is 31.5 Å². The molecule has 1 saturated heterocycles. The maximum Gasteiger partial charge on any atom is 0.161 e. The third kappa shape index (κ3) is 3.69. The Labute approximate surface area is 127 Å². The van der Waals surface area contributed by atoms with Gasteiger partial charge in [-0.05, 0) is 57.5 Å². The largest absolute Gasteiger partial charge is 0.486 e. The molecule has 2 heterocycles. The number of benzene rings is 1. The highest BCUT2D eigenvalue weighted by Gasteiger charge is 2.20. The van der Waals surface area contributed by atoms with Crippen molar-refractivity contribution in [3.8, 4) is 11.5 Å². The molecule has 1 fully saturated rings. The fraction of sp³-hybridized carbons (Fsp3) is 0.647. The van der Waals surface area contributed by atoms with Crippen molar-refractivity contribution in [1.29, 1.82) is 0 Å². The Hall–Kier alpha value is -1.26. The molecule has 21 heavy (non-hydrogen) atoms. The molecule has 3 rings (SSSR count). The SMILES string of the molecule is CC(C)N1CCC(NCc2ccc3c(c2)OCCO3)CC1. The minimum absolute atomic E-state index is 0.633. The Morgan fingerprint density at radius 2 is 1.86 bits per heavy atom. The summed E-state index contributed by atoms with van der Waals surface area (Å²) >= 11 is 0. The minimum atomic E-state index is 0.633. The first-order valence-corrected chi connectivity index (χ1v) is 8.08. The van der Waals surface area contributed by atoms with E-state index in [9.17, 15) is 0 Å². The highest BCUT2D eigenvalue weighted by molar-refractivity contribution is 5.43. The lowest BCUT2D eigenvalue weighted by atomic mass is 10.0. The highest BCUT2D eigenvalue weighted by Crippen LogP contribution is 2.30. The maximum absolute atomic E-state index is 5.64. The normalized spacial score (nSPS) is 20.0. The van der Waals surface area contributed by atoms with Crippen LogP contribution in [0.5, 0.6) is 11.5 Å². The zero-order chi connectivity index (χ0) is 14.7. The second kappa shape index (κ2) is 6.67. The summed E-state index contributed by atoms with van der Waals surface area (Å²) in [6.45, 7) is 9.18. The van der Waals surface area contributed by atoms with Crippen LogP contribution < -0.4 is 14.8 Å². The fourth-order valence-corrected chi connectivity index (χ4v) is 3.08. The van der Waals surface area contributed by atoms with Crippen LogP contribution in [0.3, 0.4) is 0 Å². The van der Waals surface area contributed by atoms with Gasteiger partial charge in [0.1, 0.15) is 13.2 Å². The predicted octanol–water partition coefficient (Wildman–Crippen LogP) is 2.42. The lowest BCUT2D eigenvalue weighted by Crippen LogP contribution is -2.44. The van der Waals surface area contributed by atoms with Gasteiger partial charge in [-0.15, -0.1) is 0 Å². The average molecular weight is 290 g/mol. The van der Waals surface area contributed by atoms with E-state index in [0.717, 1.165) is 18.0 Å². The number of piperidine rings is 1. The zero-order valence-electron chi connectivity index (χ0n) is 13.1. The van der Waals surface area contributed by atoms with Crippen LogP contribution in [0.15, 0.2) is 18.2 Å². The van der Waals surface area contributed by atoms with Crippen molar-refractivity contribution in [2.45, 2.75) is 45.3 Å². The van der Waals surface area contributed by atoms with Crippen LogP contribution in [0.25, 0.3) is 0 Å². The molecule has 0 bridgehead atoms. The topological polar surface area (TPSA) is 33.7 Å². The Morgan fingerprint density at radius 1 is 1.14 bits per heavy atom. The van der Waals surface area contributed by atoms with Gasteiger partial charge in [-0.1, -0.05) is 6.07 Å². The summed E-state index contributed by atoms with van der Waals surface area (Å²) in [6.07, 6.45) is 2.48. The van der Waals surface area contributed by atoms with E-state index >= 15 is 0 Å². The van der Waals surface area contributed by atoms with Crippen LogP contribution in [-0.4, -0.2) is 43.3 Å². The first-order chi connectivity index (χ1) is 10.2. The summed E-state index contributed by atoms with van der Waals surface area (Å²) in [4.78, 5) is 2.56. The third-order valence-corrected chi connectivity index (χ3v) is 4.46. The van der Waals surface area contributed by atoms with E-state index < -0.39 is 0 Å². The van der Waals surface area contributed by atoms with Crippen molar-refractivity contribution in [3.63, 3.8) is 0 Å². The van der Waals surface area contributed by atoms with Crippen molar-refractivity contribution in [2.24, 2.45) is 0 Å². The molecule has 116 valence electrons. The molecule has 0 aliphatic carbocycles. The molecule has 0 saturated carbocycles. The number of fused-ring (bicyclic) bond motifs is 1. The molecule has 0 atom stereocenters. The van der Waals surface area contributed by atoms with Crippen LogP contribution in [0, 0.1) is 0 Å². The van der Waals surface area contributed by atoms with Crippen molar-refractivity contribution in [1.82, 2.24) is 10.2 Å². The van der Waals surface area contributed by atoms with Gasteiger partial charge in [0.2, 0.25) is 0 Å². The smallest absolute Gasteiger partial charge is 0.161 e. The molecule has 1 N–H and O–H groups in total. The van der Waals surface area contributed by atoms with Gasteiger partial charge in [-0.25, -0.2) is 0 Å². The Morgan fingerprint density at radius 3 is 2.57 bits per heavy atom. The molecule has 4 heteroatoms. The van der Waals surface area contributed by atoms with E-state index in [1.807, 2.05) is 6.07 Å². The number of likely N-dealkylation sites (tertiary alicyclic amines) is 1. The quantitative estimate of drug-likeness (QED) is 0.923. The van der Waals surface area contributed by atoms with Crippen molar-refractivity contribution < 1.29 is 9.47 Å². The molecule has 0 unspecified atom stereocenters. The number of nitrogens with zero attached hydrogens (tertiary/aromatic N) is 1. The molecule has 1 aromatic carbocycles. The summed E-state index contributed by atoms with van der Waals surface area (Å²) in [7, 11) is 0. The molecule has 2 aliphatic heterocycles. The summed E-state index contributed by atoms with van der Waals surface area (Å²) in [5.74, 6) is 1.76. The maximum atomic E-state index is 5.64. The lowest BCUT2D eigenvalue weighted by Gasteiger charge is -2.35. The second-order valence-electron chi connectivity index (χ2n) is 6.26. The monoisotopic (exact) mass is 290 g/mol. The second-order valence-corrected chi connectivity index (χ2v) is 6.26. The highest BCUT2D eigenvalue weighted by atomic mass is 16.6. The van der Waals surface area contributed by atoms with Gasteiger partial charge in [-0.2, -0.15) is 0 Å². The minimum Gasteiger partial charge on any atom is -0.486 e. The molecular weight excluding hydrogens is 264 g/mol. The van der Waals surface area contributed by atoms with Gasteiger partial charge < -0.3 is 19.7 Å². The van der Waals surface area contributed by atoms with E-state index in [0.29, 0.717) is 25.3 Å². The standard InChI is InChI=1S/C17H26N2O2/c1-13(2)19-7-5-15(6-8-19)18-12-14-3-4-16-17(11-14)21-10-9-20-16/h3-4,11,13,15,18H,5-10,12H2,1-2H3. The van der Waals surface area contributed by atoms with E-state index in [-0.39, 0.29) is 0 Å². The number of ether oxygens (including phenoxy) is 2. The lowest BCUT2D eigenvalue weighted by molar-refractivity contribution is 0.160. The average Bonchev–Trinajstić information content (AvgIpc) is 2.53. The number of hydrogen-bond donors (Lipinski definition) is 1. The Bertz CT molecular complexity index is 468. The van der Waals surface area contributed by atoms with Gasteiger partial charge in [0, 0.05) is 18.6 Å². The Balaban J connectivity index is 1.49. The summed E-state index contributed by atoms with van der Waals surface area (Å²) in [5.41, 5.74) is 1.27. The molecule has 4 nitrogen and oxygen atoms in total. The van der Waals surface area contributed by atoms with E-state index in [1.54, 1.807) is 0 Å². The van der Waals surface area contributed by atoms with Gasteiger partial charge in [0.05, 0.1) is 0 Å². The fourth-order valence-electron chi connectivity index (χ4n) is 3.08. The van der Waals surface area contributed by atoms with Crippen LogP contribution in [0.4, 0.5) is 0 Å². The molecule has 0 amide bonds. The van der Waals surface area contributed by atoms with Gasteiger partial charge in [0.25, 0.3) is 0 Å². The molecule has 0 spiro atoms. The predicted molar refractivity (Wildman–Crippen MR) is 84.0 cm³/mol. The van der Waals surface area contributed by atoms with Crippen molar-refractivity contribution >= 4 is 0 Å². The first kappa shape index (κ1) is 14.7.